The van der Waals surface area contributed by atoms with Crippen LogP contribution < -0.4 is 16.9 Å². The molecule has 0 heterocycles. The molecule has 1 aliphatic rings. The van der Waals surface area contributed by atoms with Gasteiger partial charge >= 0.3 is 0 Å². The Balaban J connectivity index is 1.55. The average Bonchev–Trinajstić information content (AvgIpc) is 2.88. The Kier molecular flexibility index (Phi) is 9.38. The van der Waals surface area contributed by atoms with Crippen LogP contribution in [0.4, 0.5) is 14.5 Å². The van der Waals surface area contributed by atoms with E-state index in [4.69, 9.17) is 11.6 Å². The summed E-state index contributed by atoms with van der Waals surface area (Å²) in [6.45, 7) is 0.524. The molecule has 9 heteroatoms. The predicted octanol–water partition coefficient (Wildman–Crippen LogP) is 5.84. The van der Waals surface area contributed by atoms with Crippen molar-refractivity contribution in [2.24, 2.45) is 16.7 Å². The highest BCUT2D eigenvalue weighted by molar-refractivity contribution is 7.97. The van der Waals surface area contributed by atoms with Gasteiger partial charge in [-0.1, -0.05) is 55.7 Å². The van der Waals surface area contributed by atoms with Gasteiger partial charge in [-0.15, -0.1) is 5.10 Å². The molecule has 1 saturated carbocycles. The number of hydrazone groups is 1. The predicted molar refractivity (Wildman–Crippen MR) is 148 cm³/mol. The van der Waals surface area contributed by atoms with Gasteiger partial charge in [0.05, 0.1) is 6.54 Å². The Morgan fingerprint density at radius 3 is 2.22 bits per heavy atom. The zero-order chi connectivity index (χ0) is 26.2. The number of rotatable bonds is 10. The monoisotopic (exact) mass is 524 g/mol. The number of amidine groups is 1. The van der Waals surface area contributed by atoms with Gasteiger partial charge in [0.2, 0.25) is 0 Å². The van der Waals surface area contributed by atoms with Crippen molar-refractivity contribution in [3.05, 3.63) is 95.1 Å². The van der Waals surface area contributed by atoms with E-state index in [0.717, 1.165) is 34.1 Å². The van der Waals surface area contributed by atoms with E-state index in [9.17, 15) is 8.78 Å². The minimum atomic E-state index is -0.345. The molecule has 37 heavy (non-hydrogen) atoms. The van der Waals surface area contributed by atoms with Crippen molar-refractivity contribution in [1.82, 2.24) is 9.42 Å². The van der Waals surface area contributed by atoms with Crippen LogP contribution in [-0.4, -0.2) is 28.3 Å². The Hall–Kier alpha value is -3.14. The van der Waals surface area contributed by atoms with Gasteiger partial charge in [0.25, 0.3) is 0 Å². The second-order valence-electron chi connectivity index (χ2n) is 9.33. The number of hydrogen-bond donors (Lipinski definition) is 3. The number of nitrogens with one attached hydrogen (secondary N) is 1. The van der Waals surface area contributed by atoms with E-state index in [1.54, 1.807) is 30.3 Å². The maximum absolute atomic E-state index is 14.1. The van der Waals surface area contributed by atoms with Gasteiger partial charge in [-0.05, 0) is 62.2 Å². The van der Waals surface area contributed by atoms with Crippen molar-refractivity contribution < 1.29 is 8.78 Å². The standard InChI is InChI=1S/C28H34F2N6S/c1-35(18-20-9-5-7-13-25(20)29)37-23-15-16-27(33-22-11-3-2-4-12-22)24(17-23)28(31)34-36(32)19-21-10-6-8-14-26(21)30/h5-10,13-17,22,33H,2-4,11-12,18-19,32H2,1H3,(H2,31,34). The number of halogens is 2. The summed E-state index contributed by atoms with van der Waals surface area (Å²) in [4.78, 5) is 0.929. The fourth-order valence-corrected chi connectivity index (χ4v) is 5.36. The van der Waals surface area contributed by atoms with Crippen molar-refractivity contribution in [2.45, 2.75) is 56.1 Å². The molecule has 1 aliphatic carbocycles. The molecule has 0 aliphatic heterocycles. The topological polar surface area (TPSA) is 82.9 Å². The van der Waals surface area contributed by atoms with Gasteiger partial charge in [-0.3, -0.25) is 0 Å². The van der Waals surface area contributed by atoms with Crippen molar-refractivity contribution in [3.63, 3.8) is 0 Å². The highest BCUT2D eigenvalue weighted by Crippen LogP contribution is 2.30. The summed E-state index contributed by atoms with van der Waals surface area (Å²) >= 11 is 1.49. The summed E-state index contributed by atoms with van der Waals surface area (Å²) in [6.07, 6.45) is 5.87. The van der Waals surface area contributed by atoms with Crippen molar-refractivity contribution in [1.29, 1.82) is 0 Å². The fraction of sp³-hybridized carbons (Fsp3) is 0.321. The number of nitrogens with zero attached hydrogens (tertiary/aromatic N) is 3. The molecule has 1 fully saturated rings. The van der Waals surface area contributed by atoms with Crippen LogP contribution in [0.5, 0.6) is 0 Å². The van der Waals surface area contributed by atoms with Gasteiger partial charge in [0.15, 0.2) is 5.84 Å². The fourth-order valence-electron chi connectivity index (χ4n) is 4.49. The summed E-state index contributed by atoms with van der Waals surface area (Å²) in [7, 11) is 1.92. The van der Waals surface area contributed by atoms with Gasteiger partial charge in [-0.2, -0.15) is 0 Å². The molecular weight excluding hydrogens is 490 g/mol. The lowest BCUT2D eigenvalue weighted by Crippen LogP contribution is -2.30. The molecule has 0 saturated heterocycles. The maximum atomic E-state index is 14.1. The molecule has 5 N–H and O–H groups in total. The van der Waals surface area contributed by atoms with Crippen LogP contribution in [0.3, 0.4) is 0 Å². The van der Waals surface area contributed by atoms with Gasteiger partial charge in [-0.25, -0.2) is 24.0 Å². The first-order valence-electron chi connectivity index (χ1n) is 12.5. The van der Waals surface area contributed by atoms with Crippen LogP contribution in [-0.2, 0) is 13.1 Å². The third-order valence-corrected chi connectivity index (χ3v) is 7.28. The number of hydrogen-bond acceptors (Lipinski definition) is 6. The number of hydrazine groups is 1. The molecular formula is C28H34F2N6S. The van der Waals surface area contributed by atoms with Crippen LogP contribution >= 0.6 is 11.9 Å². The molecule has 6 nitrogen and oxygen atoms in total. The number of anilines is 1. The average molecular weight is 525 g/mol. The molecule has 3 aromatic rings. The minimum absolute atomic E-state index is 0.0819. The molecule has 0 bridgehead atoms. The molecule has 3 aromatic carbocycles. The quantitative estimate of drug-likeness (QED) is 0.102. The molecule has 4 rings (SSSR count). The van der Waals surface area contributed by atoms with Gasteiger partial charge in [0, 0.05) is 39.9 Å². The van der Waals surface area contributed by atoms with Crippen LogP contribution in [0.2, 0.25) is 0 Å². The molecule has 0 unspecified atom stereocenters. The SMILES string of the molecule is CN(Cc1ccccc1F)Sc1ccc(NC2CCCCC2)c(/C(N)=N/N(N)Cc2ccccc2F)c1. The minimum Gasteiger partial charge on any atom is -0.382 e. The normalized spacial score (nSPS) is 14.7. The lowest BCUT2D eigenvalue weighted by Gasteiger charge is -2.26. The van der Waals surface area contributed by atoms with Crippen molar-refractivity contribution in [2.75, 3.05) is 12.4 Å². The lowest BCUT2D eigenvalue weighted by molar-refractivity contribution is 0.285. The van der Waals surface area contributed by atoms with E-state index < -0.39 is 0 Å². The van der Waals surface area contributed by atoms with Crippen molar-refractivity contribution in [3.8, 4) is 0 Å². The summed E-state index contributed by atoms with van der Waals surface area (Å²) in [5.74, 6) is 5.76. The van der Waals surface area contributed by atoms with Crippen LogP contribution in [0.25, 0.3) is 0 Å². The van der Waals surface area contributed by atoms with Crippen molar-refractivity contribution >= 4 is 23.5 Å². The first kappa shape index (κ1) is 26.9. The van der Waals surface area contributed by atoms with E-state index in [2.05, 4.69) is 10.4 Å². The summed E-state index contributed by atoms with van der Waals surface area (Å²) in [6, 6.07) is 19.6. The molecule has 196 valence electrons. The van der Waals surface area contributed by atoms with E-state index in [0.29, 0.717) is 23.7 Å². The summed E-state index contributed by atoms with van der Waals surface area (Å²) < 4.78 is 30.2. The van der Waals surface area contributed by atoms with Gasteiger partial charge < -0.3 is 11.1 Å². The summed E-state index contributed by atoms with van der Waals surface area (Å²) in [5, 5.41) is 9.16. The highest BCUT2D eigenvalue weighted by Gasteiger charge is 2.18. The zero-order valence-corrected chi connectivity index (χ0v) is 21.9. The van der Waals surface area contributed by atoms with Crippen LogP contribution in [0.1, 0.15) is 48.8 Å². The maximum Gasteiger partial charge on any atom is 0.154 e. The number of benzene rings is 3. The molecule has 0 radical (unpaired) electrons. The molecule has 0 aromatic heterocycles. The van der Waals surface area contributed by atoms with E-state index >= 15 is 0 Å². The lowest BCUT2D eigenvalue weighted by atomic mass is 9.95. The molecule has 0 spiro atoms. The molecule has 0 atom stereocenters. The zero-order valence-electron chi connectivity index (χ0n) is 21.0. The van der Waals surface area contributed by atoms with Gasteiger partial charge in [0.1, 0.15) is 11.6 Å². The largest absolute Gasteiger partial charge is 0.382 e. The Morgan fingerprint density at radius 2 is 1.57 bits per heavy atom. The third-order valence-electron chi connectivity index (χ3n) is 6.37. The Morgan fingerprint density at radius 1 is 0.946 bits per heavy atom. The Labute approximate surface area is 221 Å². The van der Waals surface area contributed by atoms with E-state index in [1.807, 2.05) is 35.6 Å². The first-order chi connectivity index (χ1) is 17.9. The molecule has 0 amide bonds. The highest BCUT2D eigenvalue weighted by atomic mass is 32.2. The van der Waals surface area contributed by atoms with E-state index in [-0.39, 0.29) is 24.0 Å². The Bertz CT molecular complexity index is 1210. The number of nitrogens with two attached hydrogens (primary N) is 2. The second kappa shape index (κ2) is 12.9. The van der Waals surface area contributed by atoms with Crippen LogP contribution in [0.15, 0.2) is 76.7 Å². The third kappa shape index (κ3) is 7.67. The second-order valence-corrected chi connectivity index (χ2v) is 10.6. The first-order valence-corrected chi connectivity index (χ1v) is 13.3. The van der Waals surface area contributed by atoms with E-state index in [1.165, 1.54) is 43.3 Å². The summed E-state index contributed by atoms with van der Waals surface area (Å²) in [5.41, 5.74) is 9.12. The smallest absolute Gasteiger partial charge is 0.154 e. The van der Waals surface area contributed by atoms with Crippen LogP contribution in [0, 0.1) is 11.6 Å².